The van der Waals surface area contributed by atoms with E-state index in [1.807, 2.05) is 42.5 Å². The number of rotatable bonds is 1. The van der Waals surface area contributed by atoms with Crippen molar-refractivity contribution in [1.29, 1.82) is 0 Å². The van der Waals surface area contributed by atoms with Gasteiger partial charge in [-0.2, -0.15) is 0 Å². The van der Waals surface area contributed by atoms with E-state index in [4.69, 9.17) is 14.2 Å². The number of aliphatic imine (C=N–C) groups is 1. The molecule has 0 unspecified atom stereocenters. The minimum Gasteiger partial charge on any atom is -0.454 e. The lowest BCUT2D eigenvalue weighted by molar-refractivity contribution is -0.118. The van der Waals surface area contributed by atoms with Gasteiger partial charge in [0.1, 0.15) is 11.3 Å². The molecule has 6 nitrogen and oxygen atoms in total. The molecular weight excluding hydrogens is 308 g/mol. The molecule has 3 aliphatic rings. The van der Waals surface area contributed by atoms with E-state index in [9.17, 15) is 4.79 Å². The van der Waals surface area contributed by atoms with Crippen molar-refractivity contribution in [2.75, 3.05) is 6.79 Å². The number of hydrogen-bond donors (Lipinski definition) is 1. The summed E-state index contributed by atoms with van der Waals surface area (Å²) in [4.78, 5) is 17.1. The van der Waals surface area contributed by atoms with Gasteiger partial charge in [0.05, 0.1) is 0 Å². The van der Waals surface area contributed by atoms with Crippen molar-refractivity contribution in [2.45, 2.75) is 6.17 Å². The van der Waals surface area contributed by atoms with Gasteiger partial charge in [-0.1, -0.05) is 30.3 Å². The minimum atomic E-state index is -0.577. The fraction of sp³-hybridized carbons (Fsp3) is 0.111. The molecule has 0 aromatic heterocycles. The molecule has 3 heterocycles. The third-order valence-corrected chi connectivity index (χ3v) is 4.14. The predicted molar refractivity (Wildman–Crippen MR) is 85.9 cm³/mol. The molecule has 1 N–H and O–H groups in total. The van der Waals surface area contributed by atoms with Crippen molar-refractivity contribution in [3.63, 3.8) is 0 Å². The Bertz CT molecular complexity index is 932. The van der Waals surface area contributed by atoms with E-state index in [0.717, 1.165) is 11.1 Å². The van der Waals surface area contributed by atoms with E-state index in [0.29, 0.717) is 28.7 Å². The highest BCUT2D eigenvalue weighted by molar-refractivity contribution is 6.24. The summed E-state index contributed by atoms with van der Waals surface area (Å²) in [6.45, 7) is 0.165. The average molecular weight is 320 g/mol. The number of carbonyl (C=O) groups is 1. The fourth-order valence-corrected chi connectivity index (χ4v) is 2.99. The number of carbonyl (C=O) groups excluding carboxylic acids is 1. The van der Waals surface area contributed by atoms with Crippen molar-refractivity contribution >= 4 is 17.9 Å². The summed E-state index contributed by atoms with van der Waals surface area (Å²) in [5.41, 5.74) is 2.03. The Morgan fingerprint density at radius 2 is 1.92 bits per heavy atom. The molecular formula is C18H12N2O4. The molecule has 1 atom stereocenters. The van der Waals surface area contributed by atoms with Crippen LogP contribution in [0.2, 0.25) is 0 Å². The Hall–Kier alpha value is -3.28. The molecule has 5 rings (SSSR count). The summed E-state index contributed by atoms with van der Waals surface area (Å²) in [6.07, 6.45) is 1.21. The summed E-state index contributed by atoms with van der Waals surface area (Å²) in [6, 6.07) is 13.1. The summed E-state index contributed by atoms with van der Waals surface area (Å²) in [5, 5.41) is 2.88. The number of nitrogens with one attached hydrogen (secondary N) is 1. The highest BCUT2D eigenvalue weighted by Crippen LogP contribution is 2.40. The largest absolute Gasteiger partial charge is 0.454 e. The van der Waals surface area contributed by atoms with E-state index < -0.39 is 6.17 Å². The van der Waals surface area contributed by atoms with Crippen LogP contribution < -0.4 is 19.5 Å². The summed E-state index contributed by atoms with van der Waals surface area (Å²) in [5.74, 6) is 2.04. The number of ether oxygens (including phenoxy) is 3. The van der Waals surface area contributed by atoms with Crippen LogP contribution in [0.4, 0.5) is 0 Å². The van der Waals surface area contributed by atoms with Gasteiger partial charge in [0.2, 0.25) is 12.7 Å². The van der Waals surface area contributed by atoms with Gasteiger partial charge in [-0.05, 0) is 18.2 Å². The van der Waals surface area contributed by atoms with Crippen molar-refractivity contribution in [3.05, 3.63) is 59.2 Å². The highest BCUT2D eigenvalue weighted by Gasteiger charge is 2.33. The van der Waals surface area contributed by atoms with Crippen molar-refractivity contribution < 1.29 is 19.0 Å². The molecule has 3 aliphatic heterocycles. The lowest BCUT2D eigenvalue weighted by atomic mass is 10.0. The number of hydrogen-bond acceptors (Lipinski definition) is 5. The predicted octanol–water partition coefficient (Wildman–Crippen LogP) is 2.42. The topological polar surface area (TPSA) is 69.2 Å². The van der Waals surface area contributed by atoms with Gasteiger partial charge in [0, 0.05) is 11.1 Å². The van der Waals surface area contributed by atoms with Crippen molar-refractivity contribution in [1.82, 2.24) is 5.32 Å². The summed E-state index contributed by atoms with van der Waals surface area (Å²) in [7, 11) is 0. The zero-order valence-electron chi connectivity index (χ0n) is 12.5. The van der Waals surface area contributed by atoms with Crippen LogP contribution in [0.15, 0.2) is 53.0 Å². The third kappa shape index (κ3) is 1.89. The Morgan fingerprint density at radius 3 is 2.88 bits per heavy atom. The minimum absolute atomic E-state index is 0.165. The summed E-state index contributed by atoms with van der Waals surface area (Å²) < 4.78 is 16.7. The van der Waals surface area contributed by atoms with Crippen LogP contribution in [0, 0.1) is 0 Å². The quantitative estimate of drug-likeness (QED) is 0.876. The van der Waals surface area contributed by atoms with E-state index in [1.165, 1.54) is 0 Å². The number of nitrogens with zero attached hydrogens (tertiary/aromatic N) is 1. The van der Waals surface area contributed by atoms with Gasteiger partial charge in [-0.15, -0.1) is 0 Å². The normalized spacial score (nSPS) is 20.2. The molecule has 0 radical (unpaired) electrons. The lowest BCUT2D eigenvalue weighted by Crippen LogP contribution is -2.39. The Kier molecular flexibility index (Phi) is 2.67. The number of amides is 1. The van der Waals surface area contributed by atoms with E-state index in [2.05, 4.69) is 10.3 Å². The maximum atomic E-state index is 12.5. The molecule has 0 saturated heterocycles. The first-order valence-electron chi connectivity index (χ1n) is 7.56. The van der Waals surface area contributed by atoms with E-state index in [-0.39, 0.29) is 12.7 Å². The molecule has 6 heteroatoms. The maximum absolute atomic E-state index is 12.5. The Labute approximate surface area is 137 Å². The third-order valence-electron chi connectivity index (χ3n) is 4.14. The average Bonchev–Trinajstić information content (AvgIpc) is 3.09. The SMILES string of the molecule is O=C1N[C@@H](c2cccc3c2OCO3)N=C2Oc3ccccc3C=C12. The molecule has 24 heavy (non-hydrogen) atoms. The summed E-state index contributed by atoms with van der Waals surface area (Å²) >= 11 is 0. The Morgan fingerprint density at radius 1 is 1.04 bits per heavy atom. The second-order valence-electron chi connectivity index (χ2n) is 5.59. The van der Waals surface area contributed by atoms with E-state index >= 15 is 0 Å². The molecule has 118 valence electrons. The van der Waals surface area contributed by atoms with Crippen LogP contribution in [0.25, 0.3) is 6.08 Å². The van der Waals surface area contributed by atoms with Crippen LogP contribution in [0.5, 0.6) is 17.2 Å². The first-order valence-corrected chi connectivity index (χ1v) is 7.56. The molecule has 0 bridgehead atoms. The molecule has 0 saturated carbocycles. The first kappa shape index (κ1) is 13.2. The second kappa shape index (κ2) is 4.86. The first-order chi connectivity index (χ1) is 11.8. The number of fused-ring (bicyclic) bond motifs is 3. The van der Waals surface area contributed by atoms with Crippen LogP contribution in [-0.4, -0.2) is 18.6 Å². The van der Waals surface area contributed by atoms with Crippen LogP contribution in [0.1, 0.15) is 17.3 Å². The molecule has 2 aromatic carbocycles. The van der Waals surface area contributed by atoms with Crippen molar-refractivity contribution in [3.8, 4) is 17.2 Å². The monoisotopic (exact) mass is 320 g/mol. The second-order valence-corrected chi connectivity index (χ2v) is 5.59. The molecule has 0 spiro atoms. The maximum Gasteiger partial charge on any atom is 0.258 e. The highest BCUT2D eigenvalue weighted by atomic mass is 16.7. The molecule has 2 aromatic rings. The van der Waals surface area contributed by atoms with Gasteiger partial charge in [0.25, 0.3) is 5.91 Å². The van der Waals surface area contributed by atoms with Crippen molar-refractivity contribution in [2.24, 2.45) is 4.99 Å². The van der Waals surface area contributed by atoms with Crippen LogP contribution >= 0.6 is 0 Å². The van der Waals surface area contributed by atoms with E-state index in [1.54, 1.807) is 6.08 Å². The van der Waals surface area contributed by atoms with Crippen LogP contribution in [0.3, 0.4) is 0 Å². The zero-order valence-corrected chi connectivity index (χ0v) is 12.5. The zero-order chi connectivity index (χ0) is 16.1. The van der Waals surface area contributed by atoms with Gasteiger partial charge in [-0.3, -0.25) is 4.79 Å². The Balaban J connectivity index is 1.59. The van der Waals surface area contributed by atoms with Gasteiger partial charge >= 0.3 is 0 Å². The smallest absolute Gasteiger partial charge is 0.258 e. The lowest BCUT2D eigenvalue weighted by Gasteiger charge is -2.27. The van der Waals surface area contributed by atoms with Gasteiger partial charge in [0.15, 0.2) is 17.7 Å². The fourth-order valence-electron chi connectivity index (χ4n) is 2.99. The molecule has 1 amide bonds. The van der Waals surface area contributed by atoms with Crippen LogP contribution in [-0.2, 0) is 4.79 Å². The standard InChI is InChI=1S/C18H12N2O4/c21-17-12-8-10-4-1-2-6-13(10)24-18(12)20-16(19-17)11-5-3-7-14-15(11)23-9-22-14/h1-8,16H,9H2,(H,19,21)/t16-/m1/s1. The van der Waals surface area contributed by atoms with Gasteiger partial charge in [-0.25, -0.2) is 4.99 Å². The number of para-hydroxylation sites is 2. The van der Waals surface area contributed by atoms with Gasteiger partial charge < -0.3 is 19.5 Å². The number of benzene rings is 2. The molecule has 0 aliphatic carbocycles. The molecule has 0 fully saturated rings.